The highest BCUT2D eigenvalue weighted by molar-refractivity contribution is 8.00. The van der Waals surface area contributed by atoms with Crippen molar-refractivity contribution in [3.8, 4) is 0 Å². The molecule has 0 bridgehead atoms. The number of nitrogen functional groups attached to an aromatic ring is 1. The molecule has 14 heavy (non-hydrogen) atoms. The third-order valence-electron chi connectivity index (χ3n) is 2.07. The normalized spacial score (nSPS) is 11.0. The molecule has 0 aliphatic carbocycles. The zero-order valence-corrected chi connectivity index (χ0v) is 10.1. The van der Waals surface area contributed by atoms with Crippen LogP contribution in [0.25, 0.3) is 10.1 Å². The molecular formula is C10H10ClNS2. The molecular weight excluding hydrogens is 234 g/mol. The van der Waals surface area contributed by atoms with Crippen molar-refractivity contribution in [1.82, 2.24) is 0 Å². The van der Waals surface area contributed by atoms with E-state index >= 15 is 0 Å². The van der Waals surface area contributed by atoms with Crippen LogP contribution in [-0.4, -0.2) is 6.26 Å². The highest BCUT2D eigenvalue weighted by Gasteiger charge is 2.06. The van der Waals surface area contributed by atoms with Gasteiger partial charge < -0.3 is 5.73 Å². The molecule has 74 valence electrons. The topological polar surface area (TPSA) is 26.0 Å². The van der Waals surface area contributed by atoms with Gasteiger partial charge in [0, 0.05) is 16.3 Å². The summed E-state index contributed by atoms with van der Waals surface area (Å²) in [5, 5.41) is 1.24. The van der Waals surface area contributed by atoms with E-state index < -0.39 is 0 Å². The van der Waals surface area contributed by atoms with Crippen molar-refractivity contribution in [2.75, 3.05) is 12.0 Å². The van der Waals surface area contributed by atoms with Crippen molar-refractivity contribution in [3.05, 3.63) is 23.8 Å². The van der Waals surface area contributed by atoms with Gasteiger partial charge in [-0.2, -0.15) is 0 Å². The van der Waals surface area contributed by atoms with Crippen LogP contribution in [0.3, 0.4) is 0 Å². The quantitative estimate of drug-likeness (QED) is 0.491. The van der Waals surface area contributed by atoms with Crippen LogP contribution < -0.4 is 5.73 Å². The molecule has 1 aromatic carbocycles. The molecule has 0 aliphatic rings. The lowest BCUT2D eigenvalue weighted by atomic mass is 10.1. The predicted octanol–water partition coefficient (Wildman–Crippen LogP) is 3.94. The number of nitrogens with two attached hydrogens (primary N) is 1. The lowest BCUT2D eigenvalue weighted by Gasteiger charge is -1.99. The van der Waals surface area contributed by atoms with Gasteiger partial charge in [0.15, 0.2) is 0 Å². The average Bonchev–Trinajstić information content (AvgIpc) is 2.59. The second-order valence-corrected chi connectivity index (χ2v) is 5.45. The molecule has 1 aromatic heterocycles. The van der Waals surface area contributed by atoms with Gasteiger partial charge in [-0.15, -0.1) is 34.7 Å². The SMILES string of the molecule is CSc1cc2c(CCl)cc(N)cc2s1. The third kappa shape index (κ3) is 1.72. The fraction of sp³-hybridized carbons (Fsp3) is 0.200. The molecule has 0 saturated carbocycles. The summed E-state index contributed by atoms with van der Waals surface area (Å²) in [7, 11) is 0. The average molecular weight is 244 g/mol. The molecule has 1 nitrogen and oxygen atoms in total. The zero-order chi connectivity index (χ0) is 10.1. The number of hydrogen-bond donors (Lipinski definition) is 1. The zero-order valence-electron chi connectivity index (χ0n) is 7.71. The van der Waals surface area contributed by atoms with Crippen molar-refractivity contribution < 1.29 is 0 Å². The van der Waals surface area contributed by atoms with Crippen molar-refractivity contribution in [2.24, 2.45) is 0 Å². The molecule has 2 N–H and O–H groups in total. The summed E-state index contributed by atoms with van der Waals surface area (Å²) in [4.78, 5) is 0. The van der Waals surface area contributed by atoms with E-state index in [9.17, 15) is 0 Å². The Morgan fingerprint density at radius 3 is 2.86 bits per heavy atom. The molecule has 0 atom stereocenters. The molecule has 0 spiro atoms. The molecule has 0 aliphatic heterocycles. The molecule has 1 heterocycles. The van der Waals surface area contributed by atoms with E-state index in [0.717, 1.165) is 11.3 Å². The van der Waals surface area contributed by atoms with E-state index in [1.807, 2.05) is 12.1 Å². The second-order valence-electron chi connectivity index (χ2n) is 3.00. The third-order valence-corrected chi connectivity index (χ3v) is 4.50. The summed E-state index contributed by atoms with van der Waals surface area (Å²) < 4.78 is 2.53. The fourth-order valence-electron chi connectivity index (χ4n) is 1.42. The summed E-state index contributed by atoms with van der Waals surface area (Å²) in [6, 6.07) is 6.14. The Morgan fingerprint density at radius 1 is 1.43 bits per heavy atom. The van der Waals surface area contributed by atoms with Gasteiger partial charge in [-0.05, 0) is 35.4 Å². The van der Waals surface area contributed by atoms with Crippen LogP contribution in [-0.2, 0) is 5.88 Å². The van der Waals surface area contributed by atoms with E-state index in [1.165, 1.54) is 14.3 Å². The van der Waals surface area contributed by atoms with Gasteiger partial charge in [-0.25, -0.2) is 0 Å². The van der Waals surface area contributed by atoms with Crippen LogP contribution in [0.2, 0.25) is 0 Å². The lowest BCUT2D eigenvalue weighted by Crippen LogP contribution is -1.86. The highest BCUT2D eigenvalue weighted by Crippen LogP contribution is 2.35. The molecule has 2 rings (SSSR count). The first-order valence-electron chi connectivity index (χ1n) is 4.16. The Labute approximate surface area is 96.2 Å². The minimum Gasteiger partial charge on any atom is -0.399 e. The van der Waals surface area contributed by atoms with Crippen LogP contribution in [0.4, 0.5) is 5.69 Å². The van der Waals surface area contributed by atoms with Crippen LogP contribution in [0.5, 0.6) is 0 Å². The molecule has 0 unspecified atom stereocenters. The first-order chi connectivity index (χ1) is 6.74. The van der Waals surface area contributed by atoms with Crippen molar-refractivity contribution >= 4 is 50.5 Å². The maximum Gasteiger partial charge on any atom is 0.0608 e. The van der Waals surface area contributed by atoms with Crippen LogP contribution in [0.1, 0.15) is 5.56 Å². The van der Waals surface area contributed by atoms with Crippen LogP contribution in [0, 0.1) is 0 Å². The summed E-state index contributed by atoms with van der Waals surface area (Å²) in [6.45, 7) is 0. The highest BCUT2D eigenvalue weighted by atomic mass is 35.5. The summed E-state index contributed by atoms with van der Waals surface area (Å²) in [6.07, 6.45) is 2.08. The number of rotatable bonds is 2. The largest absolute Gasteiger partial charge is 0.399 e. The Kier molecular flexibility index (Phi) is 2.91. The maximum absolute atomic E-state index is 5.87. The van der Waals surface area contributed by atoms with E-state index in [4.69, 9.17) is 17.3 Å². The van der Waals surface area contributed by atoms with E-state index in [-0.39, 0.29) is 0 Å². The van der Waals surface area contributed by atoms with E-state index in [1.54, 1.807) is 23.1 Å². The standard InChI is InChI=1S/C10H10ClNS2/c1-13-10-4-8-6(5-11)2-7(12)3-9(8)14-10/h2-4H,5,12H2,1H3. The minimum atomic E-state index is 0.520. The maximum atomic E-state index is 5.87. The summed E-state index contributed by atoms with van der Waals surface area (Å²) in [5.41, 5.74) is 7.71. The van der Waals surface area contributed by atoms with E-state index in [2.05, 4.69) is 12.3 Å². The number of alkyl halides is 1. The first-order valence-corrected chi connectivity index (χ1v) is 6.74. The number of halogens is 1. The first kappa shape index (κ1) is 10.1. The van der Waals surface area contributed by atoms with Crippen LogP contribution in [0.15, 0.2) is 22.4 Å². The molecule has 0 fully saturated rings. The van der Waals surface area contributed by atoms with Gasteiger partial charge in [-0.1, -0.05) is 0 Å². The number of anilines is 1. The second kappa shape index (κ2) is 4.01. The number of hydrogen-bond acceptors (Lipinski definition) is 3. The molecule has 4 heteroatoms. The Balaban J connectivity index is 2.71. The van der Waals surface area contributed by atoms with Crippen LogP contribution >= 0.6 is 34.7 Å². The van der Waals surface area contributed by atoms with Crippen molar-refractivity contribution in [3.63, 3.8) is 0 Å². The Hall–Kier alpha value is -0.380. The smallest absolute Gasteiger partial charge is 0.0608 e. The molecule has 0 amide bonds. The number of benzene rings is 1. The Bertz CT molecular complexity index is 464. The summed E-state index contributed by atoms with van der Waals surface area (Å²) >= 11 is 9.39. The minimum absolute atomic E-state index is 0.520. The number of thiophene rings is 1. The molecule has 2 aromatic rings. The van der Waals surface area contributed by atoms with Crippen molar-refractivity contribution in [1.29, 1.82) is 0 Å². The predicted molar refractivity (Wildman–Crippen MR) is 67.6 cm³/mol. The van der Waals surface area contributed by atoms with Gasteiger partial charge in [-0.3, -0.25) is 0 Å². The van der Waals surface area contributed by atoms with Gasteiger partial charge in [0.05, 0.1) is 4.21 Å². The van der Waals surface area contributed by atoms with E-state index in [0.29, 0.717) is 5.88 Å². The van der Waals surface area contributed by atoms with Gasteiger partial charge in [0.2, 0.25) is 0 Å². The number of thioether (sulfide) groups is 1. The fourth-order valence-corrected chi connectivity index (χ4v) is 3.37. The lowest BCUT2D eigenvalue weighted by molar-refractivity contribution is 1.46. The summed E-state index contributed by atoms with van der Waals surface area (Å²) in [5.74, 6) is 0.520. The van der Waals surface area contributed by atoms with Crippen molar-refractivity contribution in [2.45, 2.75) is 10.1 Å². The van der Waals surface area contributed by atoms with Gasteiger partial charge in [0.25, 0.3) is 0 Å². The monoisotopic (exact) mass is 243 g/mol. The Morgan fingerprint density at radius 2 is 2.21 bits per heavy atom. The number of fused-ring (bicyclic) bond motifs is 1. The molecule has 0 saturated heterocycles. The van der Waals surface area contributed by atoms with Gasteiger partial charge >= 0.3 is 0 Å². The molecule has 0 radical (unpaired) electrons. The van der Waals surface area contributed by atoms with Gasteiger partial charge in [0.1, 0.15) is 0 Å².